The summed E-state index contributed by atoms with van der Waals surface area (Å²) in [6, 6.07) is 7.66. The lowest BCUT2D eigenvalue weighted by atomic mass is 10.3. The number of aliphatic carboxylic acids is 1. The van der Waals surface area contributed by atoms with E-state index < -0.39 is 5.97 Å². The normalized spacial score (nSPS) is 10.3. The predicted octanol–water partition coefficient (Wildman–Crippen LogP) is -1.99. The first-order valence-corrected chi connectivity index (χ1v) is 5.63. The molecule has 0 saturated heterocycles. The number of nitrogen functional groups attached to an aromatic ring is 1. The maximum Gasteiger partial charge on any atom is 0.356 e. The third-order valence-electron chi connectivity index (χ3n) is 2.76. The second-order valence-electron chi connectivity index (χ2n) is 3.98. The van der Waals surface area contributed by atoms with Crippen molar-refractivity contribution in [3.8, 4) is 0 Å². The zero-order chi connectivity index (χ0) is 12.4. The molecule has 0 aliphatic carbocycles. The first-order chi connectivity index (χ1) is 8.15. The van der Waals surface area contributed by atoms with Crippen LogP contribution in [0.25, 0.3) is 11.0 Å². The summed E-state index contributed by atoms with van der Waals surface area (Å²) in [5.74, 6) is -0.392. The van der Waals surface area contributed by atoms with Gasteiger partial charge in [-0.05, 0) is 18.6 Å². The van der Waals surface area contributed by atoms with E-state index in [9.17, 15) is 4.79 Å². The molecule has 0 fully saturated rings. The van der Waals surface area contributed by atoms with Crippen molar-refractivity contribution in [2.24, 2.45) is 0 Å². The van der Waals surface area contributed by atoms with Crippen molar-refractivity contribution in [2.45, 2.75) is 26.4 Å². The van der Waals surface area contributed by atoms with Crippen LogP contribution in [-0.4, -0.2) is 15.6 Å². The van der Waals surface area contributed by atoms with Gasteiger partial charge in [0.1, 0.15) is 11.0 Å². The Labute approximate surface area is 116 Å². The first kappa shape index (κ1) is 14.5. The van der Waals surface area contributed by atoms with Gasteiger partial charge in [-0.3, -0.25) is 5.73 Å². The summed E-state index contributed by atoms with van der Waals surface area (Å²) >= 11 is 0. The number of carboxylic acid groups (broad SMARTS) is 1. The Morgan fingerprint density at radius 3 is 2.72 bits per heavy atom. The minimum absolute atomic E-state index is 0. The number of carboxylic acids is 1. The summed E-state index contributed by atoms with van der Waals surface area (Å²) in [4.78, 5) is 10.8. The second kappa shape index (κ2) is 5.86. The lowest BCUT2D eigenvalue weighted by Crippen LogP contribution is -3.00. The van der Waals surface area contributed by atoms with Gasteiger partial charge in [-0.1, -0.05) is 19.1 Å². The summed E-state index contributed by atoms with van der Waals surface area (Å²) in [5, 5.41) is 8.90. The number of rotatable bonds is 4. The number of fused-ring (bicyclic) bond motifs is 1. The van der Waals surface area contributed by atoms with Gasteiger partial charge in [-0.2, -0.15) is 0 Å². The minimum atomic E-state index is -0.888. The third kappa shape index (κ3) is 2.48. The van der Waals surface area contributed by atoms with E-state index in [4.69, 9.17) is 10.8 Å². The SMILES string of the molecule is CCCn1c(N)[n+](CC(=O)O)c2ccccc21.[Br-]. The van der Waals surface area contributed by atoms with Gasteiger partial charge < -0.3 is 22.1 Å². The van der Waals surface area contributed by atoms with Gasteiger partial charge in [-0.25, -0.2) is 13.9 Å². The highest BCUT2D eigenvalue weighted by Crippen LogP contribution is 2.16. The van der Waals surface area contributed by atoms with Gasteiger partial charge in [0.25, 0.3) is 0 Å². The summed E-state index contributed by atoms with van der Waals surface area (Å²) < 4.78 is 3.59. The molecule has 18 heavy (non-hydrogen) atoms. The van der Waals surface area contributed by atoms with Gasteiger partial charge in [-0.15, -0.1) is 0 Å². The van der Waals surface area contributed by atoms with E-state index in [0.717, 1.165) is 24.0 Å². The number of imidazole rings is 1. The van der Waals surface area contributed by atoms with E-state index in [0.29, 0.717) is 5.95 Å². The van der Waals surface area contributed by atoms with Gasteiger partial charge in [0.2, 0.25) is 0 Å². The number of hydrogen-bond donors (Lipinski definition) is 2. The van der Waals surface area contributed by atoms with Gasteiger partial charge in [0.05, 0.1) is 6.54 Å². The maximum absolute atomic E-state index is 10.8. The third-order valence-corrected chi connectivity index (χ3v) is 2.76. The van der Waals surface area contributed by atoms with Crippen LogP contribution < -0.4 is 27.3 Å². The van der Waals surface area contributed by atoms with Crippen LogP contribution in [0.1, 0.15) is 13.3 Å². The van der Waals surface area contributed by atoms with Crippen molar-refractivity contribution in [3.05, 3.63) is 24.3 Å². The fraction of sp³-hybridized carbons (Fsp3) is 0.333. The first-order valence-electron chi connectivity index (χ1n) is 5.63. The molecular formula is C12H16BrN3O2. The monoisotopic (exact) mass is 313 g/mol. The quantitative estimate of drug-likeness (QED) is 0.642. The van der Waals surface area contributed by atoms with Gasteiger partial charge in [0.15, 0.2) is 6.54 Å². The minimum Gasteiger partial charge on any atom is -1.00 e. The molecular weight excluding hydrogens is 298 g/mol. The molecule has 3 N–H and O–H groups in total. The lowest BCUT2D eigenvalue weighted by Gasteiger charge is -1.98. The Balaban J connectivity index is 0.00000162. The fourth-order valence-corrected chi connectivity index (χ4v) is 2.07. The Hall–Kier alpha value is -1.56. The standard InChI is InChI=1S/C12H15N3O2.BrH/c1-2-7-14-9-5-3-4-6-10(9)15(12(14)13)8-11(16)17;/h3-6,13H,2,7-8H2,1H3,(H,16,17);1H. The van der Waals surface area contributed by atoms with Crippen LogP contribution in [0.3, 0.4) is 0 Å². The Bertz CT molecular complexity index is 566. The predicted molar refractivity (Wildman–Crippen MR) is 64.5 cm³/mol. The van der Waals surface area contributed by atoms with E-state index >= 15 is 0 Å². The molecule has 0 unspecified atom stereocenters. The highest BCUT2D eigenvalue weighted by atomic mass is 79.9. The molecule has 0 saturated carbocycles. The summed E-state index contributed by atoms with van der Waals surface area (Å²) in [5.41, 5.74) is 7.85. The van der Waals surface area contributed by atoms with E-state index in [1.165, 1.54) is 0 Å². The molecule has 0 bridgehead atoms. The van der Waals surface area contributed by atoms with Crippen molar-refractivity contribution in [2.75, 3.05) is 5.73 Å². The zero-order valence-corrected chi connectivity index (χ0v) is 11.7. The summed E-state index contributed by atoms with van der Waals surface area (Å²) in [6.45, 7) is 2.75. The molecule has 0 aliphatic rings. The highest BCUT2D eigenvalue weighted by molar-refractivity contribution is 5.75. The van der Waals surface area contributed by atoms with Crippen molar-refractivity contribution >= 4 is 23.0 Å². The topological polar surface area (TPSA) is 72.1 Å². The molecule has 0 amide bonds. The van der Waals surface area contributed by atoms with Gasteiger partial charge >= 0.3 is 11.9 Å². The Morgan fingerprint density at radius 2 is 2.11 bits per heavy atom. The number of halogens is 1. The largest absolute Gasteiger partial charge is 1.00 e. The van der Waals surface area contributed by atoms with E-state index in [-0.39, 0.29) is 23.5 Å². The maximum atomic E-state index is 10.8. The number of benzene rings is 1. The molecule has 1 aromatic heterocycles. The number of anilines is 1. The van der Waals surface area contributed by atoms with Crippen molar-refractivity contribution in [1.82, 2.24) is 4.57 Å². The van der Waals surface area contributed by atoms with Crippen LogP contribution in [0.2, 0.25) is 0 Å². The average molecular weight is 314 g/mol. The molecule has 0 atom stereocenters. The van der Waals surface area contributed by atoms with Crippen molar-refractivity contribution in [1.29, 1.82) is 0 Å². The fourth-order valence-electron chi connectivity index (χ4n) is 2.07. The van der Waals surface area contributed by atoms with E-state index in [1.807, 2.05) is 28.8 Å². The Kier molecular flexibility index (Phi) is 4.72. The second-order valence-corrected chi connectivity index (χ2v) is 3.98. The lowest BCUT2D eigenvalue weighted by molar-refractivity contribution is -0.645. The zero-order valence-electron chi connectivity index (χ0n) is 10.1. The number of aromatic nitrogens is 2. The number of carbonyl (C=O) groups is 1. The number of aryl methyl sites for hydroxylation is 1. The molecule has 98 valence electrons. The van der Waals surface area contributed by atoms with Crippen LogP contribution >= 0.6 is 0 Å². The van der Waals surface area contributed by atoms with E-state index in [1.54, 1.807) is 4.57 Å². The highest BCUT2D eigenvalue weighted by Gasteiger charge is 2.21. The van der Waals surface area contributed by atoms with Gasteiger partial charge in [0, 0.05) is 0 Å². The van der Waals surface area contributed by atoms with Crippen LogP contribution in [0.5, 0.6) is 0 Å². The average Bonchev–Trinajstić information content (AvgIpc) is 2.55. The molecule has 0 radical (unpaired) electrons. The van der Waals surface area contributed by atoms with Crippen molar-refractivity contribution in [3.63, 3.8) is 0 Å². The molecule has 1 aromatic carbocycles. The van der Waals surface area contributed by atoms with Crippen LogP contribution in [-0.2, 0) is 17.9 Å². The molecule has 5 nitrogen and oxygen atoms in total. The summed E-state index contributed by atoms with van der Waals surface area (Å²) in [7, 11) is 0. The number of nitrogens with zero attached hydrogens (tertiary/aromatic N) is 2. The molecule has 2 rings (SSSR count). The summed E-state index contributed by atoms with van der Waals surface area (Å²) in [6.07, 6.45) is 0.954. The number of hydrogen-bond acceptors (Lipinski definition) is 2. The molecule has 6 heteroatoms. The smallest absolute Gasteiger partial charge is 0.356 e. The number of nitrogens with two attached hydrogens (primary N) is 1. The molecule has 0 spiro atoms. The Morgan fingerprint density at radius 1 is 1.44 bits per heavy atom. The van der Waals surface area contributed by atoms with Crippen LogP contribution in [0.4, 0.5) is 5.95 Å². The molecule has 0 aliphatic heterocycles. The van der Waals surface area contributed by atoms with E-state index in [2.05, 4.69) is 6.92 Å². The van der Waals surface area contributed by atoms with Crippen LogP contribution in [0, 0.1) is 0 Å². The number of para-hydroxylation sites is 2. The molecule has 2 aromatic rings. The molecule has 1 heterocycles. The van der Waals surface area contributed by atoms with Crippen molar-refractivity contribution < 1.29 is 31.4 Å². The van der Waals surface area contributed by atoms with Crippen LogP contribution in [0.15, 0.2) is 24.3 Å².